The van der Waals surface area contributed by atoms with Crippen LogP contribution in [-0.2, 0) is 16.1 Å². The Labute approximate surface area is 181 Å². The van der Waals surface area contributed by atoms with E-state index >= 15 is 0 Å². The van der Waals surface area contributed by atoms with Gasteiger partial charge in [-0.15, -0.1) is 0 Å². The molecule has 0 saturated carbocycles. The van der Waals surface area contributed by atoms with Crippen LogP contribution in [0.15, 0.2) is 41.0 Å². The van der Waals surface area contributed by atoms with E-state index in [9.17, 15) is 9.59 Å². The van der Waals surface area contributed by atoms with Gasteiger partial charge < -0.3 is 25.7 Å². The molecule has 8 heteroatoms. The minimum Gasteiger partial charge on any atom is -0.459 e. The lowest BCUT2D eigenvalue weighted by atomic mass is 10.1. The van der Waals surface area contributed by atoms with Gasteiger partial charge in [-0.1, -0.05) is 19.1 Å². The molecule has 0 fully saturated rings. The van der Waals surface area contributed by atoms with E-state index < -0.39 is 0 Å². The minimum atomic E-state index is -0.157. The van der Waals surface area contributed by atoms with Gasteiger partial charge in [-0.3, -0.25) is 9.59 Å². The molecule has 2 amide bonds. The maximum Gasteiger partial charge on any atom is 0.246 e. The summed E-state index contributed by atoms with van der Waals surface area (Å²) >= 11 is 0. The van der Waals surface area contributed by atoms with Gasteiger partial charge in [0, 0.05) is 43.4 Å². The molecule has 8 nitrogen and oxygen atoms in total. The molecule has 0 aliphatic rings. The first-order chi connectivity index (χ1) is 14.9. The second kappa shape index (κ2) is 9.80. The van der Waals surface area contributed by atoms with E-state index in [1.54, 1.807) is 30.3 Å². The van der Waals surface area contributed by atoms with Crippen LogP contribution in [0.4, 0.5) is 17.2 Å². The summed E-state index contributed by atoms with van der Waals surface area (Å²) in [5.41, 5.74) is 9.60. The van der Waals surface area contributed by atoms with Crippen LogP contribution in [-0.4, -0.2) is 35.8 Å². The van der Waals surface area contributed by atoms with Crippen molar-refractivity contribution in [3.63, 3.8) is 0 Å². The number of benzene rings is 1. The summed E-state index contributed by atoms with van der Waals surface area (Å²) in [5, 5.41) is 6.71. The molecule has 3 rings (SSSR count). The van der Waals surface area contributed by atoms with E-state index in [1.807, 2.05) is 32.0 Å². The molecule has 0 saturated heterocycles. The molecule has 0 atom stereocenters. The molecule has 0 unspecified atom stereocenters. The lowest BCUT2D eigenvalue weighted by Gasteiger charge is -2.15. The monoisotopic (exact) mass is 421 g/mol. The summed E-state index contributed by atoms with van der Waals surface area (Å²) < 4.78 is 5.79. The zero-order chi connectivity index (χ0) is 22.4. The summed E-state index contributed by atoms with van der Waals surface area (Å²) in [4.78, 5) is 29.3. The average molecular weight is 422 g/mol. The number of para-hydroxylation sites is 1. The van der Waals surface area contributed by atoms with Crippen LogP contribution in [0.2, 0.25) is 0 Å². The summed E-state index contributed by atoms with van der Waals surface area (Å²) in [6.45, 7) is 5.06. The zero-order valence-electron chi connectivity index (χ0n) is 17.9. The molecule has 0 bridgehead atoms. The fourth-order valence-electron chi connectivity index (χ4n) is 3.25. The van der Waals surface area contributed by atoms with Crippen LogP contribution in [0.25, 0.3) is 17.0 Å². The van der Waals surface area contributed by atoms with Gasteiger partial charge in [0.25, 0.3) is 0 Å². The fourth-order valence-corrected chi connectivity index (χ4v) is 3.25. The average Bonchev–Trinajstić information content (AvgIpc) is 3.08. The molecule has 162 valence electrons. The molecule has 0 radical (unpaired) electrons. The van der Waals surface area contributed by atoms with Crippen molar-refractivity contribution in [1.82, 2.24) is 9.88 Å². The minimum absolute atomic E-state index is 0.157. The molecule has 3 aromatic rings. The van der Waals surface area contributed by atoms with Crippen molar-refractivity contribution in [3.05, 3.63) is 53.4 Å². The zero-order valence-corrected chi connectivity index (χ0v) is 17.9. The summed E-state index contributed by atoms with van der Waals surface area (Å²) in [6, 6.07) is 7.45. The van der Waals surface area contributed by atoms with Crippen molar-refractivity contribution in [2.75, 3.05) is 30.0 Å². The predicted octanol–water partition coefficient (Wildman–Crippen LogP) is 3.78. The van der Waals surface area contributed by atoms with Gasteiger partial charge >= 0.3 is 0 Å². The van der Waals surface area contributed by atoms with E-state index in [4.69, 9.17) is 10.2 Å². The number of amides is 2. The van der Waals surface area contributed by atoms with Crippen molar-refractivity contribution in [3.8, 4) is 0 Å². The molecule has 2 aromatic heterocycles. The van der Waals surface area contributed by atoms with Gasteiger partial charge in [0.15, 0.2) is 11.4 Å². The van der Waals surface area contributed by atoms with Gasteiger partial charge in [-0.25, -0.2) is 4.98 Å². The van der Waals surface area contributed by atoms with Gasteiger partial charge in [0.05, 0.1) is 11.4 Å². The highest BCUT2D eigenvalue weighted by Gasteiger charge is 2.16. The topological polar surface area (TPSA) is 113 Å². The summed E-state index contributed by atoms with van der Waals surface area (Å²) in [7, 11) is 1.74. The Morgan fingerprint density at radius 3 is 2.90 bits per heavy atom. The number of nitrogens with one attached hydrogen (secondary N) is 2. The number of nitrogens with zero attached hydrogens (tertiary/aromatic N) is 2. The highest BCUT2D eigenvalue weighted by Crippen LogP contribution is 2.30. The third-order valence-corrected chi connectivity index (χ3v) is 4.91. The van der Waals surface area contributed by atoms with E-state index in [-0.39, 0.29) is 5.91 Å². The number of carbonyl (C=O) groups excluding carboxylic acids is 2. The number of nitrogen functional groups attached to an aromatic ring is 1. The normalized spacial score (nSPS) is 11.1. The number of hydrogen-bond acceptors (Lipinski definition) is 6. The first-order valence-electron chi connectivity index (χ1n) is 10.1. The number of furan rings is 1. The van der Waals surface area contributed by atoms with Crippen LogP contribution >= 0.6 is 0 Å². The maximum atomic E-state index is 12.7. The van der Waals surface area contributed by atoms with Crippen LogP contribution in [0, 0.1) is 6.92 Å². The predicted molar refractivity (Wildman–Crippen MR) is 124 cm³/mol. The molecule has 1 aromatic carbocycles. The second-order valence-corrected chi connectivity index (χ2v) is 7.24. The van der Waals surface area contributed by atoms with Crippen LogP contribution in [0.5, 0.6) is 0 Å². The number of aromatic nitrogens is 1. The SMILES string of the molecule is CCCNc1cc(/C=C/C(=O)N(C)Cc2c(C)oc3c(N)cccc23)cnc1NC=O. The molecular formula is C23H27N5O3. The summed E-state index contributed by atoms with van der Waals surface area (Å²) in [6.07, 6.45) is 6.31. The van der Waals surface area contributed by atoms with Gasteiger partial charge in [0.1, 0.15) is 5.76 Å². The van der Waals surface area contributed by atoms with Gasteiger partial charge in [-0.2, -0.15) is 0 Å². The Kier molecular flexibility index (Phi) is 6.92. The number of carbonyl (C=O) groups is 2. The number of nitrogens with two attached hydrogens (primary N) is 1. The third kappa shape index (κ3) is 5.03. The lowest BCUT2D eigenvalue weighted by molar-refractivity contribution is -0.125. The standard InChI is InChI=1S/C23H27N5O3/c1-4-10-25-20-11-16(12-26-23(20)27-14-29)8-9-21(30)28(3)13-18-15(2)31-22-17(18)6-5-7-19(22)24/h5-9,11-12,14,25H,4,10,13,24H2,1-3H3,(H,26,27,29)/b9-8+. The number of hydrogen-bond donors (Lipinski definition) is 3. The summed E-state index contributed by atoms with van der Waals surface area (Å²) in [5.74, 6) is 1.03. The number of likely N-dealkylation sites (N-methyl/N-ethyl adjacent to an activating group) is 1. The Morgan fingerprint density at radius 2 is 2.16 bits per heavy atom. The molecule has 31 heavy (non-hydrogen) atoms. The molecular weight excluding hydrogens is 394 g/mol. The van der Waals surface area contributed by atoms with Crippen molar-refractivity contribution in [2.24, 2.45) is 0 Å². The molecule has 0 spiro atoms. The first-order valence-corrected chi connectivity index (χ1v) is 10.1. The fraction of sp³-hybridized carbons (Fsp3) is 0.261. The Morgan fingerprint density at radius 1 is 1.35 bits per heavy atom. The largest absolute Gasteiger partial charge is 0.459 e. The van der Waals surface area contributed by atoms with E-state index in [2.05, 4.69) is 15.6 Å². The number of aryl methyl sites for hydroxylation is 1. The number of fused-ring (bicyclic) bond motifs is 1. The second-order valence-electron chi connectivity index (χ2n) is 7.24. The van der Waals surface area contributed by atoms with Crippen molar-refractivity contribution < 1.29 is 14.0 Å². The van der Waals surface area contributed by atoms with E-state index in [0.717, 1.165) is 35.2 Å². The first kappa shape index (κ1) is 21.9. The van der Waals surface area contributed by atoms with Crippen molar-refractivity contribution in [2.45, 2.75) is 26.8 Å². The van der Waals surface area contributed by atoms with Crippen molar-refractivity contribution in [1.29, 1.82) is 0 Å². The smallest absolute Gasteiger partial charge is 0.246 e. The van der Waals surface area contributed by atoms with Gasteiger partial charge in [-0.05, 0) is 37.1 Å². The Bertz CT molecular complexity index is 1120. The Balaban J connectivity index is 1.74. The maximum absolute atomic E-state index is 12.7. The number of anilines is 3. The van der Waals surface area contributed by atoms with Crippen LogP contribution < -0.4 is 16.4 Å². The molecule has 0 aliphatic heterocycles. The lowest BCUT2D eigenvalue weighted by Crippen LogP contribution is -2.24. The third-order valence-electron chi connectivity index (χ3n) is 4.91. The number of pyridine rings is 1. The molecule has 4 N–H and O–H groups in total. The molecule has 2 heterocycles. The Hall–Kier alpha value is -3.81. The van der Waals surface area contributed by atoms with E-state index in [0.29, 0.717) is 35.7 Å². The van der Waals surface area contributed by atoms with E-state index in [1.165, 1.54) is 6.08 Å². The number of rotatable bonds is 9. The molecule has 0 aliphatic carbocycles. The van der Waals surface area contributed by atoms with Crippen molar-refractivity contribution >= 4 is 46.6 Å². The van der Waals surface area contributed by atoms with Gasteiger partial charge in [0.2, 0.25) is 12.3 Å². The van der Waals surface area contributed by atoms with Crippen LogP contribution in [0.1, 0.15) is 30.2 Å². The highest BCUT2D eigenvalue weighted by atomic mass is 16.3. The van der Waals surface area contributed by atoms with Crippen LogP contribution in [0.3, 0.4) is 0 Å². The quantitative estimate of drug-likeness (QED) is 0.275. The highest BCUT2D eigenvalue weighted by molar-refractivity contribution is 5.94.